The highest BCUT2D eigenvalue weighted by atomic mass is 19.1. The number of oxazole rings is 1. The molecule has 0 unspecified atom stereocenters. The van der Waals surface area contributed by atoms with Gasteiger partial charge in [-0.2, -0.15) is 0 Å². The maximum atomic E-state index is 13.1. The summed E-state index contributed by atoms with van der Waals surface area (Å²) < 4.78 is 19.1. The lowest BCUT2D eigenvalue weighted by molar-refractivity contribution is 0.0693. The van der Waals surface area contributed by atoms with Gasteiger partial charge in [0.25, 0.3) is 5.91 Å². The predicted molar refractivity (Wildman–Crippen MR) is 117 cm³/mol. The monoisotopic (exact) mass is 417 g/mol. The minimum atomic E-state index is -0.251. The topological polar surface area (TPSA) is 62.1 Å². The van der Waals surface area contributed by atoms with Crippen molar-refractivity contribution in [2.75, 3.05) is 13.1 Å². The zero-order valence-electron chi connectivity index (χ0n) is 17.4. The van der Waals surface area contributed by atoms with E-state index in [1.165, 1.54) is 12.1 Å². The van der Waals surface area contributed by atoms with Crippen LogP contribution in [0.5, 0.6) is 0 Å². The van der Waals surface area contributed by atoms with Crippen LogP contribution >= 0.6 is 0 Å². The third-order valence-corrected chi connectivity index (χ3v) is 5.93. The van der Waals surface area contributed by atoms with Gasteiger partial charge in [-0.25, -0.2) is 9.37 Å². The minimum Gasteiger partial charge on any atom is -0.445 e. The Morgan fingerprint density at radius 2 is 2.06 bits per heavy atom. The normalized spacial score (nSPS) is 16.7. The largest absolute Gasteiger partial charge is 0.445 e. The molecule has 158 valence electrons. The van der Waals surface area contributed by atoms with Crippen molar-refractivity contribution in [1.82, 2.24) is 14.9 Å². The number of H-pyrrole nitrogens is 1. The highest BCUT2D eigenvalue weighted by Crippen LogP contribution is 2.28. The van der Waals surface area contributed by atoms with Gasteiger partial charge in [0.05, 0.1) is 12.1 Å². The van der Waals surface area contributed by atoms with E-state index in [1.807, 2.05) is 30.0 Å². The van der Waals surface area contributed by atoms with E-state index in [1.54, 1.807) is 18.3 Å². The van der Waals surface area contributed by atoms with Crippen LogP contribution in [0, 0.1) is 12.7 Å². The van der Waals surface area contributed by atoms with E-state index in [2.05, 4.69) is 16.0 Å². The first-order valence-corrected chi connectivity index (χ1v) is 10.6. The fourth-order valence-electron chi connectivity index (χ4n) is 4.29. The highest BCUT2D eigenvalue weighted by molar-refractivity contribution is 5.98. The molecule has 5 nitrogen and oxygen atoms in total. The van der Waals surface area contributed by atoms with Gasteiger partial charge in [0.15, 0.2) is 5.89 Å². The number of nitrogens with zero attached hydrogens (tertiary/aromatic N) is 2. The summed E-state index contributed by atoms with van der Waals surface area (Å²) in [7, 11) is 0. The first kappa shape index (κ1) is 19.5. The van der Waals surface area contributed by atoms with Crippen LogP contribution in [0.4, 0.5) is 4.39 Å². The number of carbonyl (C=O) groups is 1. The summed E-state index contributed by atoms with van der Waals surface area (Å²) in [6.07, 6.45) is 4.15. The molecule has 1 atom stereocenters. The molecule has 0 bridgehead atoms. The number of aromatic nitrogens is 2. The lowest BCUT2D eigenvalue weighted by Gasteiger charge is -2.31. The first-order chi connectivity index (χ1) is 15.0. The quantitative estimate of drug-likeness (QED) is 0.496. The smallest absolute Gasteiger partial charge is 0.270 e. The van der Waals surface area contributed by atoms with Gasteiger partial charge in [0.1, 0.15) is 17.3 Å². The number of carbonyl (C=O) groups excluding carboxylic acids is 1. The van der Waals surface area contributed by atoms with Crippen LogP contribution in [0.2, 0.25) is 0 Å². The van der Waals surface area contributed by atoms with Gasteiger partial charge >= 0.3 is 0 Å². The molecule has 31 heavy (non-hydrogen) atoms. The molecule has 4 aromatic rings. The number of aromatic amines is 1. The minimum absolute atomic E-state index is 0.0108. The zero-order chi connectivity index (χ0) is 21.4. The summed E-state index contributed by atoms with van der Waals surface area (Å²) >= 11 is 0. The number of nitrogens with one attached hydrogen (secondary N) is 1. The number of amides is 1. The molecule has 5 rings (SSSR count). The third-order valence-electron chi connectivity index (χ3n) is 5.93. The van der Waals surface area contributed by atoms with Crippen molar-refractivity contribution in [3.8, 4) is 0 Å². The van der Waals surface area contributed by atoms with Crippen LogP contribution in [0.3, 0.4) is 0 Å². The molecule has 0 spiro atoms. The maximum absolute atomic E-state index is 13.1. The molecule has 3 heterocycles. The van der Waals surface area contributed by atoms with E-state index < -0.39 is 0 Å². The molecule has 1 aliphatic rings. The van der Waals surface area contributed by atoms with Gasteiger partial charge in [-0.1, -0.05) is 24.3 Å². The van der Waals surface area contributed by atoms with Gasteiger partial charge in [-0.15, -0.1) is 0 Å². The van der Waals surface area contributed by atoms with Crippen LogP contribution in [0.25, 0.3) is 10.9 Å². The molecule has 0 radical (unpaired) electrons. The maximum Gasteiger partial charge on any atom is 0.270 e. The number of benzene rings is 2. The van der Waals surface area contributed by atoms with E-state index >= 15 is 0 Å². The molecule has 2 aromatic carbocycles. The number of rotatable bonds is 4. The highest BCUT2D eigenvalue weighted by Gasteiger charge is 2.29. The fourth-order valence-corrected chi connectivity index (χ4v) is 4.29. The summed E-state index contributed by atoms with van der Waals surface area (Å²) in [4.78, 5) is 22.7. The molecule has 1 aliphatic heterocycles. The Morgan fingerprint density at radius 1 is 1.23 bits per heavy atom. The average molecular weight is 417 g/mol. The predicted octanol–water partition coefficient (Wildman–Crippen LogP) is 5.21. The molecule has 2 aromatic heterocycles. The van der Waals surface area contributed by atoms with Crippen LogP contribution in [0.15, 0.2) is 59.1 Å². The van der Waals surface area contributed by atoms with Crippen LogP contribution in [-0.2, 0) is 6.42 Å². The number of piperidine rings is 1. The summed E-state index contributed by atoms with van der Waals surface area (Å²) in [5, 5.41) is 1.04. The standard InChI is InChI=1S/C25H24FN3O2/c1-16-4-7-18-13-23(28-22(18)11-16)25(30)29-10-2-3-19(15-29)24-27-14-21(31-24)12-17-5-8-20(26)9-6-17/h4-9,11,13-14,19,28H,2-3,10,12,15H2,1H3/t19-/m0/s1. The van der Waals surface area contributed by atoms with Crippen LogP contribution < -0.4 is 0 Å². The number of likely N-dealkylation sites (tertiary alicyclic amines) is 1. The molecular formula is C25H24FN3O2. The van der Waals surface area contributed by atoms with Crippen molar-refractivity contribution in [2.24, 2.45) is 0 Å². The molecule has 0 aliphatic carbocycles. The zero-order valence-corrected chi connectivity index (χ0v) is 17.4. The molecule has 1 fully saturated rings. The van der Waals surface area contributed by atoms with E-state index in [4.69, 9.17) is 4.42 Å². The van der Waals surface area contributed by atoms with Crippen molar-refractivity contribution >= 4 is 16.8 Å². The van der Waals surface area contributed by atoms with Gasteiger partial charge in [-0.05, 0) is 55.2 Å². The Bertz CT molecular complexity index is 1230. The number of hydrogen-bond acceptors (Lipinski definition) is 3. The van der Waals surface area contributed by atoms with Crippen molar-refractivity contribution in [1.29, 1.82) is 0 Å². The summed E-state index contributed by atoms with van der Waals surface area (Å²) in [6.45, 7) is 3.36. The molecule has 1 N–H and O–H groups in total. The van der Waals surface area contributed by atoms with E-state index in [-0.39, 0.29) is 17.6 Å². The van der Waals surface area contributed by atoms with Crippen molar-refractivity contribution in [3.05, 3.63) is 89.0 Å². The Balaban J connectivity index is 1.29. The Hall–Kier alpha value is -3.41. The summed E-state index contributed by atoms with van der Waals surface area (Å²) in [5.74, 6) is 1.25. The van der Waals surface area contributed by atoms with Gasteiger partial charge in [0, 0.05) is 30.4 Å². The molecule has 1 saturated heterocycles. The van der Waals surface area contributed by atoms with Crippen molar-refractivity contribution in [2.45, 2.75) is 32.1 Å². The van der Waals surface area contributed by atoms with Gasteiger partial charge in [0.2, 0.25) is 0 Å². The van der Waals surface area contributed by atoms with E-state index in [0.29, 0.717) is 24.6 Å². The summed E-state index contributed by atoms with van der Waals surface area (Å²) in [5.41, 5.74) is 3.73. The second kappa shape index (κ2) is 8.02. The lowest BCUT2D eigenvalue weighted by Crippen LogP contribution is -2.39. The lowest BCUT2D eigenvalue weighted by atomic mass is 9.97. The molecule has 1 amide bonds. The van der Waals surface area contributed by atoms with Crippen molar-refractivity contribution in [3.63, 3.8) is 0 Å². The Morgan fingerprint density at radius 3 is 2.90 bits per heavy atom. The SMILES string of the molecule is Cc1ccc2cc(C(=O)N3CCC[C@H](c4ncc(Cc5ccc(F)cc5)o4)C3)[nH]c2c1. The van der Waals surface area contributed by atoms with Crippen molar-refractivity contribution < 1.29 is 13.6 Å². The Labute approximate surface area is 179 Å². The molecule has 6 heteroatoms. The summed E-state index contributed by atoms with van der Waals surface area (Å²) in [6, 6.07) is 14.5. The number of aryl methyl sites for hydroxylation is 1. The number of hydrogen-bond donors (Lipinski definition) is 1. The average Bonchev–Trinajstić information content (AvgIpc) is 3.42. The number of halogens is 1. The second-order valence-electron chi connectivity index (χ2n) is 8.33. The first-order valence-electron chi connectivity index (χ1n) is 10.6. The molecular weight excluding hydrogens is 393 g/mol. The molecule has 0 saturated carbocycles. The van der Waals surface area contributed by atoms with Crippen LogP contribution in [0.1, 0.15) is 52.0 Å². The Kier molecular flexibility index (Phi) is 5.06. The van der Waals surface area contributed by atoms with Gasteiger partial charge in [-0.3, -0.25) is 4.79 Å². The van der Waals surface area contributed by atoms with Gasteiger partial charge < -0.3 is 14.3 Å². The second-order valence-corrected chi connectivity index (χ2v) is 8.33. The van der Waals surface area contributed by atoms with E-state index in [0.717, 1.165) is 47.2 Å². The van der Waals surface area contributed by atoms with E-state index in [9.17, 15) is 9.18 Å². The third kappa shape index (κ3) is 4.10. The fraction of sp³-hybridized carbons (Fsp3) is 0.280. The number of fused-ring (bicyclic) bond motifs is 1. The van der Waals surface area contributed by atoms with Crippen LogP contribution in [-0.4, -0.2) is 33.9 Å².